The smallest absolute Gasteiger partial charge is 0.277 e. The summed E-state index contributed by atoms with van der Waals surface area (Å²) in [5, 5.41) is 16.0. The van der Waals surface area contributed by atoms with Crippen LogP contribution in [0.3, 0.4) is 0 Å². The van der Waals surface area contributed by atoms with Crippen molar-refractivity contribution < 1.29 is 14.5 Å². The second kappa shape index (κ2) is 10.2. The maximum Gasteiger partial charge on any atom is 0.277 e. The first-order valence-electron chi connectivity index (χ1n) is 10.4. The molecule has 0 unspecified atom stereocenters. The monoisotopic (exact) mass is 413 g/mol. The molecule has 0 saturated carbocycles. The van der Waals surface area contributed by atoms with Crippen LogP contribution in [0, 0.1) is 17.0 Å². The van der Waals surface area contributed by atoms with Gasteiger partial charge in [0.1, 0.15) is 5.56 Å². The Hall–Kier alpha value is -2.96. The predicted octanol–water partition coefficient (Wildman–Crippen LogP) is 5.73. The van der Waals surface area contributed by atoms with Crippen molar-refractivity contribution >= 4 is 17.0 Å². The van der Waals surface area contributed by atoms with Crippen LogP contribution < -0.4 is 4.74 Å². The Morgan fingerprint density at radius 1 is 1.17 bits per heavy atom. The van der Waals surface area contributed by atoms with E-state index >= 15 is 0 Å². The summed E-state index contributed by atoms with van der Waals surface area (Å²) in [5.74, 6) is 0.229. The Kier molecular flexibility index (Phi) is 7.92. The van der Waals surface area contributed by atoms with Gasteiger partial charge in [-0.05, 0) is 57.7 Å². The number of unbranched alkanes of at least 4 members (excludes halogenated alkanes) is 1. The van der Waals surface area contributed by atoms with E-state index in [2.05, 4.69) is 12.0 Å². The minimum atomic E-state index is -0.401. The zero-order chi connectivity index (χ0) is 22.4. The lowest BCUT2D eigenvalue weighted by molar-refractivity contribution is -0.385. The van der Waals surface area contributed by atoms with E-state index in [4.69, 9.17) is 4.74 Å². The highest BCUT2D eigenvalue weighted by atomic mass is 16.6. The van der Waals surface area contributed by atoms with Crippen LogP contribution in [-0.4, -0.2) is 27.1 Å². The van der Waals surface area contributed by atoms with Crippen molar-refractivity contribution in [2.24, 2.45) is 0 Å². The van der Waals surface area contributed by atoms with E-state index in [1.807, 2.05) is 27.7 Å². The molecule has 1 heterocycles. The van der Waals surface area contributed by atoms with Crippen molar-refractivity contribution in [1.82, 2.24) is 9.78 Å². The largest absolute Gasteiger partial charge is 0.477 e. The molecule has 2 rings (SSSR count). The first-order valence-corrected chi connectivity index (χ1v) is 10.4. The Balaban J connectivity index is 2.61. The Labute approximate surface area is 177 Å². The van der Waals surface area contributed by atoms with Crippen molar-refractivity contribution in [2.45, 2.75) is 67.3 Å². The minimum Gasteiger partial charge on any atom is -0.477 e. The molecule has 0 fully saturated rings. The van der Waals surface area contributed by atoms with Crippen LogP contribution in [0.15, 0.2) is 23.9 Å². The van der Waals surface area contributed by atoms with E-state index in [9.17, 15) is 14.9 Å². The molecule has 0 aliphatic heterocycles. The number of nitrogens with zero attached hydrogens (tertiary/aromatic N) is 3. The van der Waals surface area contributed by atoms with Gasteiger partial charge < -0.3 is 4.74 Å². The van der Waals surface area contributed by atoms with Gasteiger partial charge in [-0.2, -0.15) is 5.10 Å². The highest BCUT2D eigenvalue weighted by Crippen LogP contribution is 2.34. The topological polar surface area (TPSA) is 87.3 Å². The minimum absolute atomic E-state index is 0.00356. The number of carbonyl (C=O) groups is 1. The fourth-order valence-corrected chi connectivity index (χ4v) is 3.31. The van der Waals surface area contributed by atoms with Crippen LogP contribution in [0.2, 0.25) is 0 Å². The van der Waals surface area contributed by atoms with Gasteiger partial charge >= 0.3 is 0 Å². The molecule has 162 valence electrons. The summed E-state index contributed by atoms with van der Waals surface area (Å²) in [4.78, 5) is 24.6. The van der Waals surface area contributed by atoms with Gasteiger partial charge in [0.05, 0.1) is 23.3 Å². The van der Waals surface area contributed by atoms with E-state index in [0.717, 1.165) is 30.4 Å². The van der Waals surface area contributed by atoms with Crippen molar-refractivity contribution in [1.29, 1.82) is 0 Å². The number of rotatable bonds is 10. The van der Waals surface area contributed by atoms with Gasteiger partial charge in [-0.1, -0.05) is 25.8 Å². The molecule has 0 spiro atoms. The first-order chi connectivity index (χ1) is 14.2. The summed E-state index contributed by atoms with van der Waals surface area (Å²) in [6.07, 6.45) is 4.28. The third-order valence-electron chi connectivity index (χ3n) is 5.21. The Morgan fingerprint density at radius 3 is 2.43 bits per heavy atom. The van der Waals surface area contributed by atoms with Crippen molar-refractivity contribution in [3.8, 4) is 5.88 Å². The summed E-state index contributed by atoms with van der Waals surface area (Å²) < 4.78 is 7.61. The van der Waals surface area contributed by atoms with Crippen molar-refractivity contribution in [3.63, 3.8) is 0 Å². The van der Waals surface area contributed by atoms with Crippen LogP contribution in [0.4, 0.5) is 5.69 Å². The van der Waals surface area contributed by atoms with Gasteiger partial charge in [0.2, 0.25) is 5.88 Å². The number of carbonyl (C=O) groups excluding carboxylic acids is 1. The molecule has 0 atom stereocenters. The van der Waals surface area contributed by atoms with Crippen molar-refractivity contribution in [3.05, 3.63) is 56.3 Å². The Bertz CT molecular complexity index is 969. The number of aryl methyl sites for hydroxylation is 1. The highest BCUT2D eigenvalue weighted by molar-refractivity contribution is 6.12. The standard InChI is InChI=1S/C23H31N3O4/c1-7-9-12-25-23(30-13-8-2)19(14-24-25)22(27)18-10-11-20(26(28)29)21(17(18)6)16(5)15(3)4/h10-11,14H,7-9,12-13H2,1-6H3. The molecule has 7 heteroatoms. The molecule has 0 aliphatic rings. The molecule has 0 saturated heterocycles. The zero-order valence-corrected chi connectivity index (χ0v) is 18.7. The maximum atomic E-state index is 13.4. The molecular formula is C23H31N3O4. The van der Waals surface area contributed by atoms with Gasteiger partial charge in [-0.25, -0.2) is 4.68 Å². The van der Waals surface area contributed by atoms with Crippen LogP contribution >= 0.6 is 0 Å². The molecule has 0 amide bonds. The summed E-state index contributed by atoms with van der Waals surface area (Å²) in [6, 6.07) is 2.95. The average molecular weight is 414 g/mol. The molecule has 2 aromatic rings. The number of benzene rings is 1. The van der Waals surface area contributed by atoms with Gasteiger partial charge in [-0.15, -0.1) is 0 Å². The molecule has 0 bridgehead atoms. The number of nitro benzene ring substituents is 1. The number of hydrogen-bond acceptors (Lipinski definition) is 5. The maximum absolute atomic E-state index is 13.4. The fourth-order valence-electron chi connectivity index (χ4n) is 3.31. The molecule has 1 aromatic carbocycles. The van der Waals surface area contributed by atoms with Gasteiger partial charge in [0.15, 0.2) is 5.78 Å². The average Bonchev–Trinajstić information content (AvgIpc) is 3.11. The number of ether oxygens (including phenoxy) is 1. The van der Waals surface area contributed by atoms with E-state index in [-0.39, 0.29) is 11.5 Å². The fraction of sp³-hybridized carbons (Fsp3) is 0.478. The number of nitro groups is 1. The molecule has 0 radical (unpaired) electrons. The normalized spacial score (nSPS) is 10.7. The lowest BCUT2D eigenvalue weighted by Gasteiger charge is -2.14. The van der Waals surface area contributed by atoms with Crippen LogP contribution in [-0.2, 0) is 6.54 Å². The second-order valence-corrected chi connectivity index (χ2v) is 7.63. The molecule has 0 aliphatic carbocycles. The second-order valence-electron chi connectivity index (χ2n) is 7.63. The van der Waals surface area contributed by atoms with Gasteiger partial charge in [-0.3, -0.25) is 14.9 Å². The summed E-state index contributed by atoms with van der Waals surface area (Å²) >= 11 is 0. The summed E-state index contributed by atoms with van der Waals surface area (Å²) in [5.41, 5.74) is 3.67. The Morgan fingerprint density at radius 2 is 1.87 bits per heavy atom. The predicted molar refractivity (Wildman–Crippen MR) is 118 cm³/mol. The lowest BCUT2D eigenvalue weighted by atomic mass is 9.90. The quantitative estimate of drug-likeness (QED) is 0.282. The van der Waals surface area contributed by atoms with Gasteiger partial charge in [0.25, 0.3) is 5.69 Å². The third kappa shape index (κ3) is 4.78. The molecule has 30 heavy (non-hydrogen) atoms. The number of allylic oxidation sites excluding steroid dienone is 2. The molecule has 7 nitrogen and oxygen atoms in total. The van der Waals surface area contributed by atoms with Crippen LogP contribution in [0.25, 0.3) is 5.57 Å². The highest BCUT2D eigenvalue weighted by Gasteiger charge is 2.26. The SMILES string of the molecule is CCCCn1ncc(C(=O)c2ccc([N+](=O)[O-])c(C(C)=C(C)C)c2C)c1OCCC. The van der Waals surface area contributed by atoms with Crippen molar-refractivity contribution in [2.75, 3.05) is 6.61 Å². The first kappa shape index (κ1) is 23.3. The number of aromatic nitrogens is 2. The summed E-state index contributed by atoms with van der Waals surface area (Å²) in [6.45, 7) is 12.7. The number of ketones is 1. The molecular weight excluding hydrogens is 382 g/mol. The lowest BCUT2D eigenvalue weighted by Crippen LogP contribution is -2.11. The van der Waals surface area contributed by atoms with Crippen LogP contribution in [0.5, 0.6) is 5.88 Å². The van der Waals surface area contributed by atoms with E-state index in [1.54, 1.807) is 11.6 Å². The van der Waals surface area contributed by atoms with Crippen LogP contribution in [0.1, 0.15) is 80.9 Å². The third-order valence-corrected chi connectivity index (χ3v) is 5.21. The van der Waals surface area contributed by atoms with E-state index in [0.29, 0.717) is 41.3 Å². The van der Waals surface area contributed by atoms with E-state index in [1.165, 1.54) is 18.3 Å². The summed E-state index contributed by atoms with van der Waals surface area (Å²) in [7, 11) is 0. The number of hydrogen-bond donors (Lipinski definition) is 0. The molecule has 1 aromatic heterocycles. The van der Waals surface area contributed by atoms with Gasteiger partial charge in [0, 0.05) is 18.2 Å². The zero-order valence-electron chi connectivity index (χ0n) is 18.7. The molecule has 0 N–H and O–H groups in total. The van der Waals surface area contributed by atoms with E-state index < -0.39 is 4.92 Å².